The maximum atomic E-state index is 13.0. The summed E-state index contributed by atoms with van der Waals surface area (Å²) in [6, 6.07) is 3.59. The first-order valence-corrected chi connectivity index (χ1v) is 6.79. The Kier molecular flexibility index (Phi) is 4.90. The van der Waals surface area contributed by atoms with E-state index in [-0.39, 0.29) is 11.8 Å². The smallest absolute Gasteiger partial charge is 0.416 e. The Labute approximate surface area is 122 Å². The van der Waals surface area contributed by atoms with Crippen molar-refractivity contribution in [2.24, 2.45) is 0 Å². The van der Waals surface area contributed by atoms with Gasteiger partial charge in [-0.05, 0) is 23.8 Å². The molecule has 0 bridgehead atoms. The highest BCUT2D eigenvalue weighted by molar-refractivity contribution is 5.38. The maximum Gasteiger partial charge on any atom is 0.416 e. The van der Waals surface area contributed by atoms with Crippen LogP contribution in [0.2, 0.25) is 0 Å². The molecule has 1 fully saturated rings. The lowest BCUT2D eigenvalue weighted by atomic mass is 10.0. The van der Waals surface area contributed by atoms with Gasteiger partial charge in [-0.2, -0.15) is 13.2 Å². The zero-order chi connectivity index (χ0) is 15.5. The highest BCUT2D eigenvalue weighted by Crippen LogP contribution is 2.35. The van der Waals surface area contributed by atoms with Gasteiger partial charge in [-0.15, -0.1) is 6.58 Å². The lowest BCUT2D eigenvalue weighted by molar-refractivity contribution is -0.137. The van der Waals surface area contributed by atoms with Gasteiger partial charge in [0.1, 0.15) is 5.75 Å². The van der Waals surface area contributed by atoms with Crippen LogP contribution in [0, 0.1) is 0 Å². The molecule has 0 radical (unpaired) electrons. The fourth-order valence-electron chi connectivity index (χ4n) is 2.53. The molecule has 0 saturated carbocycles. The van der Waals surface area contributed by atoms with E-state index >= 15 is 0 Å². The SMILES string of the molecule is C=C[C@@H](c1cc(OC)cc(C(F)(F)F)c1)N1CCNCC1. The summed E-state index contributed by atoms with van der Waals surface area (Å²) in [5.74, 6) is 0.210. The average Bonchev–Trinajstić information content (AvgIpc) is 2.48. The second kappa shape index (κ2) is 6.49. The van der Waals surface area contributed by atoms with Crippen molar-refractivity contribution in [2.75, 3.05) is 33.3 Å². The molecule has 1 N–H and O–H groups in total. The van der Waals surface area contributed by atoms with E-state index in [2.05, 4.69) is 16.8 Å². The summed E-state index contributed by atoms with van der Waals surface area (Å²) in [7, 11) is 1.37. The van der Waals surface area contributed by atoms with Gasteiger partial charge >= 0.3 is 6.18 Å². The fourth-order valence-corrected chi connectivity index (χ4v) is 2.53. The molecule has 0 aromatic heterocycles. The molecule has 0 unspecified atom stereocenters. The highest BCUT2D eigenvalue weighted by atomic mass is 19.4. The molecule has 1 atom stereocenters. The van der Waals surface area contributed by atoms with Crippen LogP contribution in [0.5, 0.6) is 5.75 Å². The molecule has 2 rings (SSSR count). The number of methoxy groups -OCH3 is 1. The highest BCUT2D eigenvalue weighted by Gasteiger charge is 2.32. The molecule has 116 valence electrons. The van der Waals surface area contributed by atoms with Crippen molar-refractivity contribution in [1.82, 2.24) is 10.2 Å². The van der Waals surface area contributed by atoms with Gasteiger partial charge < -0.3 is 10.1 Å². The third-order valence-corrected chi connectivity index (χ3v) is 3.60. The topological polar surface area (TPSA) is 24.5 Å². The molecule has 1 heterocycles. The van der Waals surface area contributed by atoms with Crippen molar-refractivity contribution in [1.29, 1.82) is 0 Å². The number of benzene rings is 1. The van der Waals surface area contributed by atoms with E-state index in [4.69, 9.17) is 4.74 Å². The molecule has 3 nitrogen and oxygen atoms in total. The first-order valence-electron chi connectivity index (χ1n) is 6.79. The van der Waals surface area contributed by atoms with E-state index in [1.165, 1.54) is 13.2 Å². The van der Waals surface area contributed by atoms with Crippen LogP contribution in [0.3, 0.4) is 0 Å². The second-order valence-corrected chi connectivity index (χ2v) is 4.96. The number of piperazine rings is 1. The van der Waals surface area contributed by atoms with Crippen LogP contribution in [0.25, 0.3) is 0 Å². The standard InChI is InChI=1S/C15H19F3N2O/c1-3-14(20-6-4-19-5-7-20)11-8-12(15(16,17)18)10-13(9-11)21-2/h3,8-10,14,19H,1,4-7H2,2H3/t14-/m0/s1. The Hall–Kier alpha value is -1.53. The largest absolute Gasteiger partial charge is 0.497 e. The molecule has 1 saturated heterocycles. The Morgan fingerprint density at radius 3 is 2.48 bits per heavy atom. The maximum absolute atomic E-state index is 13.0. The van der Waals surface area contributed by atoms with E-state index in [9.17, 15) is 13.2 Å². The number of halogens is 3. The summed E-state index contributed by atoms with van der Waals surface area (Å²) in [6.07, 6.45) is -2.71. The minimum atomic E-state index is -4.39. The van der Waals surface area contributed by atoms with Gasteiger partial charge in [0, 0.05) is 26.2 Å². The van der Waals surface area contributed by atoms with Gasteiger partial charge in [0.05, 0.1) is 18.7 Å². The van der Waals surface area contributed by atoms with Crippen LogP contribution in [-0.2, 0) is 6.18 Å². The minimum Gasteiger partial charge on any atom is -0.497 e. The van der Waals surface area contributed by atoms with Crippen molar-refractivity contribution >= 4 is 0 Å². The van der Waals surface area contributed by atoms with Crippen molar-refractivity contribution in [3.63, 3.8) is 0 Å². The summed E-state index contributed by atoms with van der Waals surface area (Å²) < 4.78 is 44.0. The van der Waals surface area contributed by atoms with Crippen molar-refractivity contribution < 1.29 is 17.9 Å². The molecular weight excluding hydrogens is 281 g/mol. The number of hydrogen-bond donors (Lipinski definition) is 1. The first-order chi connectivity index (χ1) is 9.95. The third-order valence-electron chi connectivity index (χ3n) is 3.60. The zero-order valence-corrected chi connectivity index (χ0v) is 11.9. The van der Waals surface area contributed by atoms with E-state index in [1.807, 2.05) is 0 Å². The lowest BCUT2D eigenvalue weighted by Crippen LogP contribution is -2.44. The molecule has 0 aliphatic carbocycles. The molecule has 0 spiro atoms. The van der Waals surface area contributed by atoms with Gasteiger partial charge in [-0.25, -0.2) is 0 Å². The van der Waals surface area contributed by atoms with Crippen molar-refractivity contribution in [2.45, 2.75) is 12.2 Å². The van der Waals surface area contributed by atoms with Crippen molar-refractivity contribution in [3.05, 3.63) is 42.0 Å². The summed E-state index contributed by atoms with van der Waals surface area (Å²) in [5, 5.41) is 3.22. The number of nitrogens with zero attached hydrogens (tertiary/aromatic N) is 1. The molecule has 6 heteroatoms. The van der Waals surface area contributed by atoms with Crippen LogP contribution < -0.4 is 10.1 Å². The monoisotopic (exact) mass is 300 g/mol. The van der Waals surface area contributed by atoms with Crippen LogP contribution in [0.4, 0.5) is 13.2 Å². The average molecular weight is 300 g/mol. The number of ether oxygens (including phenoxy) is 1. The predicted octanol–water partition coefficient (Wildman–Crippen LogP) is 2.85. The number of rotatable bonds is 4. The van der Waals surface area contributed by atoms with E-state index in [1.54, 1.807) is 12.1 Å². The molecular formula is C15H19F3N2O. The van der Waals surface area contributed by atoms with Gasteiger partial charge in [0.25, 0.3) is 0 Å². The number of hydrogen-bond acceptors (Lipinski definition) is 3. The van der Waals surface area contributed by atoms with Crippen LogP contribution in [0.1, 0.15) is 17.2 Å². The second-order valence-electron chi connectivity index (χ2n) is 4.96. The van der Waals surface area contributed by atoms with Gasteiger partial charge in [0.2, 0.25) is 0 Å². The Morgan fingerprint density at radius 2 is 1.95 bits per heavy atom. The number of alkyl halides is 3. The molecule has 1 aliphatic heterocycles. The fraction of sp³-hybridized carbons (Fsp3) is 0.467. The Balaban J connectivity index is 2.37. The molecule has 21 heavy (non-hydrogen) atoms. The van der Waals surface area contributed by atoms with Crippen molar-refractivity contribution in [3.8, 4) is 5.75 Å². The van der Waals surface area contributed by atoms with Crippen LogP contribution in [-0.4, -0.2) is 38.2 Å². The summed E-state index contributed by atoms with van der Waals surface area (Å²) in [5.41, 5.74) is -0.141. The number of nitrogens with one attached hydrogen (secondary N) is 1. The van der Waals surface area contributed by atoms with E-state index in [0.717, 1.165) is 32.2 Å². The molecule has 1 aromatic carbocycles. The normalized spacial score (nSPS) is 18.3. The Bertz CT molecular complexity index is 496. The van der Waals surface area contributed by atoms with E-state index < -0.39 is 11.7 Å². The quantitative estimate of drug-likeness (QED) is 0.865. The predicted molar refractivity (Wildman–Crippen MR) is 75.4 cm³/mol. The van der Waals surface area contributed by atoms with E-state index in [0.29, 0.717) is 5.56 Å². The molecule has 1 aromatic rings. The first kappa shape index (κ1) is 15.9. The van der Waals surface area contributed by atoms with Gasteiger partial charge in [-0.3, -0.25) is 4.90 Å². The molecule has 1 aliphatic rings. The summed E-state index contributed by atoms with van der Waals surface area (Å²) >= 11 is 0. The van der Waals surface area contributed by atoms with Crippen LogP contribution >= 0.6 is 0 Å². The summed E-state index contributed by atoms with van der Waals surface area (Å²) in [4.78, 5) is 2.11. The minimum absolute atomic E-state index is 0.210. The lowest BCUT2D eigenvalue weighted by Gasteiger charge is -2.33. The van der Waals surface area contributed by atoms with Crippen LogP contribution in [0.15, 0.2) is 30.9 Å². The third kappa shape index (κ3) is 3.77. The Morgan fingerprint density at radius 1 is 1.29 bits per heavy atom. The van der Waals surface area contributed by atoms with Gasteiger partial charge in [-0.1, -0.05) is 6.08 Å². The summed E-state index contributed by atoms with van der Waals surface area (Å²) in [6.45, 7) is 6.96. The van der Waals surface area contributed by atoms with Gasteiger partial charge in [0.15, 0.2) is 0 Å². The zero-order valence-electron chi connectivity index (χ0n) is 11.9. The molecule has 0 amide bonds.